The fourth-order valence-corrected chi connectivity index (χ4v) is 2.97. The van der Waals surface area contributed by atoms with Crippen LogP contribution < -0.4 is 16.0 Å². The van der Waals surface area contributed by atoms with Crippen LogP contribution in [0.1, 0.15) is 42.3 Å². The van der Waals surface area contributed by atoms with Crippen LogP contribution >= 0.6 is 0 Å². The van der Waals surface area contributed by atoms with Crippen molar-refractivity contribution in [1.29, 1.82) is 0 Å². The van der Waals surface area contributed by atoms with Gasteiger partial charge in [0.1, 0.15) is 18.0 Å². The first-order valence-electron chi connectivity index (χ1n) is 11.1. The molecule has 10 heteroatoms. The third kappa shape index (κ3) is 8.39. The fraction of sp³-hybridized carbons (Fsp3) is 0.231. The predicted molar refractivity (Wildman–Crippen MR) is 132 cm³/mol. The molecule has 1 heterocycles. The van der Waals surface area contributed by atoms with Gasteiger partial charge in [-0.15, -0.1) is 0 Å². The summed E-state index contributed by atoms with van der Waals surface area (Å²) in [6, 6.07) is 13.7. The highest BCUT2D eigenvalue weighted by atomic mass is 19.1. The maximum atomic E-state index is 13.8. The lowest BCUT2D eigenvalue weighted by Crippen LogP contribution is -2.27. The Morgan fingerprint density at radius 3 is 2.33 bits per heavy atom. The lowest BCUT2D eigenvalue weighted by Gasteiger charge is -2.20. The van der Waals surface area contributed by atoms with Crippen molar-refractivity contribution in [3.8, 4) is 0 Å². The molecule has 0 radical (unpaired) electrons. The molecular weight excluding hydrogens is 467 g/mol. The van der Waals surface area contributed by atoms with Gasteiger partial charge in [0.05, 0.1) is 11.4 Å². The van der Waals surface area contributed by atoms with E-state index in [0.717, 1.165) is 23.3 Å². The number of pyridine rings is 1. The van der Waals surface area contributed by atoms with E-state index in [2.05, 4.69) is 20.9 Å². The number of anilines is 2. The molecule has 0 spiro atoms. The van der Waals surface area contributed by atoms with Crippen molar-refractivity contribution in [3.63, 3.8) is 0 Å². The fourth-order valence-electron chi connectivity index (χ4n) is 2.97. The number of rotatable bonds is 7. The van der Waals surface area contributed by atoms with E-state index in [1.165, 1.54) is 6.07 Å². The molecule has 3 amide bonds. The minimum Gasteiger partial charge on any atom is -0.445 e. The zero-order valence-corrected chi connectivity index (χ0v) is 20.1. The molecule has 0 aliphatic heterocycles. The number of nitrogens with zero attached hydrogens (tertiary/aromatic N) is 1. The zero-order chi connectivity index (χ0) is 26.1. The number of carbonyl (C=O) groups excluding carboxylic acids is 3. The Balaban J connectivity index is 1.55. The Morgan fingerprint density at radius 2 is 1.67 bits per heavy atom. The molecule has 2 aromatic carbocycles. The van der Waals surface area contributed by atoms with Crippen LogP contribution in [0.25, 0.3) is 0 Å². The first kappa shape index (κ1) is 26.1. The molecule has 3 aromatic rings. The number of hydrogen-bond donors (Lipinski definition) is 3. The second-order valence-electron chi connectivity index (χ2n) is 8.76. The summed E-state index contributed by atoms with van der Waals surface area (Å²) in [5.41, 5.74) is 1.36. The van der Waals surface area contributed by atoms with Crippen LogP contribution in [0.5, 0.6) is 0 Å². The van der Waals surface area contributed by atoms with Gasteiger partial charge in [-0.3, -0.25) is 15.1 Å². The summed E-state index contributed by atoms with van der Waals surface area (Å²) in [7, 11) is 0. The van der Waals surface area contributed by atoms with Crippen molar-refractivity contribution in [2.75, 3.05) is 10.6 Å². The van der Waals surface area contributed by atoms with Gasteiger partial charge in [0.2, 0.25) is 0 Å². The van der Waals surface area contributed by atoms with E-state index in [4.69, 9.17) is 9.47 Å². The van der Waals surface area contributed by atoms with E-state index in [0.29, 0.717) is 5.56 Å². The van der Waals surface area contributed by atoms with Crippen molar-refractivity contribution < 1.29 is 28.2 Å². The lowest BCUT2D eigenvalue weighted by atomic mass is 10.1. The van der Waals surface area contributed by atoms with Crippen molar-refractivity contribution in [2.24, 2.45) is 0 Å². The monoisotopic (exact) mass is 494 g/mol. The largest absolute Gasteiger partial charge is 0.445 e. The van der Waals surface area contributed by atoms with Crippen molar-refractivity contribution in [3.05, 3.63) is 89.5 Å². The standard InChI is InChI=1S/C26H27FN4O5/c1-26(2,3)36-25(34)31-22-13-20(27)10-11-21(22)30-23(32)19-8-6-17(7-9-19)15-29-24(33)35-16-18-5-4-12-28-14-18/h4-14H,15-16H2,1-3H3,(H,29,33)(H,30,32)(H,31,34). The van der Waals surface area contributed by atoms with Crippen LogP contribution in [0.2, 0.25) is 0 Å². The van der Waals surface area contributed by atoms with E-state index in [1.807, 2.05) is 0 Å². The first-order chi connectivity index (χ1) is 17.1. The summed E-state index contributed by atoms with van der Waals surface area (Å²) < 4.78 is 24.1. The quantitative estimate of drug-likeness (QED) is 0.413. The Bertz CT molecular complexity index is 1210. The maximum Gasteiger partial charge on any atom is 0.412 e. The minimum atomic E-state index is -0.778. The van der Waals surface area contributed by atoms with Gasteiger partial charge in [0, 0.05) is 30.1 Å². The van der Waals surface area contributed by atoms with E-state index in [-0.39, 0.29) is 24.5 Å². The maximum absolute atomic E-state index is 13.8. The van der Waals surface area contributed by atoms with Gasteiger partial charge in [0.25, 0.3) is 5.91 Å². The van der Waals surface area contributed by atoms with E-state index < -0.39 is 29.5 Å². The molecule has 0 atom stereocenters. The summed E-state index contributed by atoms with van der Waals surface area (Å²) in [4.78, 5) is 40.7. The SMILES string of the molecule is CC(C)(C)OC(=O)Nc1cc(F)ccc1NC(=O)c1ccc(CNC(=O)OCc2cccnc2)cc1. The van der Waals surface area contributed by atoms with E-state index in [9.17, 15) is 18.8 Å². The summed E-state index contributed by atoms with van der Waals surface area (Å²) in [5.74, 6) is -1.06. The Morgan fingerprint density at radius 1 is 0.917 bits per heavy atom. The molecule has 0 fully saturated rings. The van der Waals surface area contributed by atoms with Gasteiger partial charge in [0.15, 0.2) is 0 Å². The molecule has 0 aliphatic carbocycles. The predicted octanol–water partition coefficient (Wildman–Crippen LogP) is 5.25. The Kier molecular flexibility index (Phi) is 8.56. The highest BCUT2D eigenvalue weighted by Gasteiger charge is 2.18. The van der Waals surface area contributed by atoms with Crippen LogP contribution in [-0.2, 0) is 22.6 Å². The van der Waals surface area contributed by atoms with Gasteiger partial charge in [-0.2, -0.15) is 0 Å². The third-order valence-electron chi connectivity index (χ3n) is 4.61. The molecule has 1 aromatic heterocycles. The summed E-state index contributed by atoms with van der Waals surface area (Å²) in [6.07, 6.45) is 1.88. The molecule has 3 N–H and O–H groups in total. The molecule has 188 valence electrons. The average molecular weight is 495 g/mol. The molecule has 36 heavy (non-hydrogen) atoms. The molecule has 0 saturated carbocycles. The number of nitrogens with one attached hydrogen (secondary N) is 3. The summed E-state index contributed by atoms with van der Waals surface area (Å²) >= 11 is 0. The van der Waals surface area contributed by atoms with Crippen LogP contribution in [0.4, 0.5) is 25.4 Å². The lowest BCUT2D eigenvalue weighted by molar-refractivity contribution is 0.0635. The molecule has 0 aliphatic rings. The minimum absolute atomic E-state index is 0.0585. The Hall–Kier alpha value is -4.47. The van der Waals surface area contributed by atoms with Crippen LogP contribution in [0.15, 0.2) is 67.0 Å². The molecule has 3 rings (SSSR count). The number of hydrogen-bond acceptors (Lipinski definition) is 6. The number of aromatic nitrogens is 1. The van der Waals surface area contributed by atoms with Gasteiger partial charge >= 0.3 is 12.2 Å². The topological polar surface area (TPSA) is 119 Å². The zero-order valence-electron chi connectivity index (χ0n) is 20.1. The molecular formula is C26H27FN4O5. The second kappa shape index (κ2) is 11.8. The number of benzene rings is 2. The average Bonchev–Trinajstić information content (AvgIpc) is 2.83. The molecule has 9 nitrogen and oxygen atoms in total. The van der Waals surface area contributed by atoms with Gasteiger partial charge in [-0.1, -0.05) is 18.2 Å². The smallest absolute Gasteiger partial charge is 0.412 e. The van der Waals surface area contributed by atoms with Crippen LogP contribution in [0, 0.1) is 5.82 Å². The van der Waals surface area contributed by atoms with E-state index in [1.54, 1.807) is 69.6 Å². The number of halogens is 1. The number of alkyl carbamates (subject to hydrolysis) is 1. The Labute approximate surface area is 208 Å². The van der Waals surface area contributed by atoms with Crippen molar-refractivity contribution in [1.82, 2.24) is 10.3 Å². The second-order valence-corrected chi connectivity index (χ2v) is 8.76. The van der Waals surface area contributed by atoms with Gasteiger partial charge in [-0.05, 0) is 62.7 Å². The van der Waals surface area contributed by atoms with Crippen molar-refractivity contribution >= 4 is 29.5 Å². The highest BCUT2D eigenvalue weighted by Crippen LogP contribution is 2.24. The molecule has 0 unspecified atom stereocenters. The van der Waals surface area contributed by atoms with Crippen LogP contribution in [0.3, 0.4) is 0 Å². The molecule has 0 saturated heterocycles. The van der Waals surface area contributed by atoms with Gasteiger partial charge in [-0.25, -0.2) is 14.0 Å². The highest BCUT2D eigenvalue weighted by molar-refractivity contribution is 6.06. The summed E-state index contributed by atoms with van der Waals surface area (Å²) in [6.45, 7) is 5.41. The van der Waals surface area contributed by atoms with Crippen LogP contribution in [-0.4, -0.2) is 28.7 Å². The van der Waals surface area contributed by atoms with E-state index >= 15 is 0 Å². The normalized spacial score (nSPS) is 10.8. The third-order valence-corrected chi connectivity index (χ3v) is 4.61. The van der Waals surface area contributed by atoms with Crippen molar-refractivity contribution in [2.45, 2.75) is 39.5 Å². The first-order valence-corrected chi connectivity index (χ1v) is 11.1. The number of ether oxygens (including phenoxy) is 2. The van der Waals surface area contributed by atoms with Gasteiger partial charge < -0.3 is 20.1 Å². The number of amides is 3. The molecule has 0 bridgehead atoms. The number of carbonyl (C=O) groups is 3. The summed E-state index contributed by atoms with van der Waals surface area (Å²) in [5, 5.41) is 7.74.